The molecular weight excluding hydrogens is 262 g/mol. The molecule has 1 aromatic rings. The average Bonchev–Trinajstić information content (AvgIpc) is 2.55. The van der Waals surface area contributed by atoms with Crippen molar-refractivity contribution in [2.24, 2.45) is 0 Å². The van der Waals surface area contributed by atoms with Gasteiger partial charge in [0.1, 0.15) is 0 Å². The molecule has 1 aliphatic heterocycles. The van der Waals surface area contributed by atoms with Gasteiger partial charge in [-0.15, -0.1) is 0 Å². The Morgan fingerprint density at radius 3 is 2.57 bits per heavy atom. The van der Waals surface area contributed by atoms with Gasteiger partial charge in [0.2, 0.25) is 0 Å². The van der Waals surface area contributed by atoms with E-state index in [9.17, 15) is 4.79 Å². The Kier molecular flexibility index (Phi) is 3.94. The van der Waals surface area contributed by atoms with E-state index in [4.69, 9.17) is 5.26 Å². The van der Waals surface area contributed by atoms with Gasteiger partial charge in [-0.25, -0.2) is 0 Å². The topological polar surface area (TPSA) is 56.1 Å². The molecule has 4 heteroatoms. The molecule has 1 saturated heterocycles. The van der Waals surface area contributed by atoms with Crippen LogP contribution in [0.1, 0.15) is 48.0 Å². The maximum atomic E-state index is 12.9. The number of rotatable bonds is 1. The van der Waals surface area contributed by atoms with Crippen LogP contribution in [0.2, 0.25) is 0 Å². The zero-order valence-corrected chi connectivity index (χ0v) is 12.3. The highest BCUT2D eigenvalue weighted by Crippen LogP contribution is 2.35. The second kappa shape index (κ2) is 5.87. The summed E-state index contributed by atoms with van der Waals surface area (Å²) in [6.45, 7) is 2.55. The number of carbonyl (C=O) groups excluding carboxylic acids is 1. The Labute approximate surface area is 125 Å². The van der Waals surface area contributed by atoms with E-state index in [-0.39, 0.29) is 11.4 Å². The van der Waals surface area contributed by atoms with Crippen LogP contribution >= 0.6 is 0 Å². The van der Waals surface area contributed by atoms with E-state index >= 15 is 0 Å². The molecule has 0 radical (unpaired) electrons. The van der Waals surface area contributed by atoms with Crippen LogP contribution in [0.15, 0.2) is 24.3 Å². The molecule has 110 valence electrons. The molecule has 1 aliphatic carbocycles. The van der Waals surface area contributed by atoms with Gasteiger partial charge in [-0.2, -0.15) is 5.26 Å². The molecule has 1 heterocycles. The van der Waals surface area contributed by atoms with E-state index in [0.717, 1.165) is 32.5 Å². The van der Waals surface area contributed by atoms with Gasteiger partial charge in [0.15, 0.2) is 0 Å². The second-order valence-corrected chi connectivity index (χ2v) is 6.11. The first-order chi connectivity index (χ1) is 10.2. The minimum atomic E-state index is 0.00147. The minimum Gasteiger partial charge on any atom is -0.330 e. The minimum absolute atomic E-state index is 0.00147. The second-order valence-electron chi connectivity index (χ2n) is 6.11. The fourth-order valence-corrected chi connectivity index (χ4v) is 3.66. The predicted molar refractivity (Wildman–Crippen MR) is 80.9 cm³/mol. The number of piperazine rings is 1. The van der Waals surface area contributed by atoms with Crippen LogP contribution in [0.5, 0.6) is 0 Å². The van der Waals surface area contributed by atoms with E-state index in [0.29, 0.717) is 11.1 Å². The quantitative estimate of drug-likeness (QED) is 0.860. The van der Waals surface area contributed by atoms with Crippen LogP contribution in [0.4, 0.5) is 0 Å². The lowest BCUT2D eigenvalue weighted by atomic mass is 9.78. The van der Waals surface area contributed by atoms with Crippen LogP contribution in [0.3, 0.4) is 0 Å². The summed E-state index contributed by atoms with van der Waals surface area (Å²) >= 11 is 0. The summed E-state index contributed by atoms with van der Waals surface area (Å²) in [4.78, 5) is 15.0. The number of nitrogens with zero attached hydrogens (tertiary/aromatic N) is 2. The summed E-state index contributed by atoms with van der Waals surface area (Å²) in [6.07, 6.45) is 5.89. The van der Waals surface area contributed by atoms with Gasteiger partial charge < -0.3 is 10.2 Å². The van der Waals surface area contributed by atoms with Crippen molar-refractivity contribution >= 4 is 5.91 Å². The zero-order chi connectivity index (χ0) is 14.7. The first-order valence-electron chi connectivity index (χ1n) is 7.78. The monoisotopic (exact) mass is 283 g/mol. The van der Waals surface area contributed by atoms with E-state index in [1.165, 1.54) is 19.3 Å². The third-order valence-corrected chi connectivity index (χ3v) is 4.83. The highest BCUT2D eigenvalue weighted by molar-refractivity contribution is 5.95. The van der Waals surface area contributed by atoms with E-state index in [1.807, 2.05) is 0 Å². The molecule has 2 fully saturated rings. The number of nitrogens with one attached hydrogen (secondary N) is 1. The summed E-state index contributed by atoms with van der Waals surface area (Å²) in [7, 11) is 0. The third kappa shape index (κ3) is 2.66. The number of amides is 1. The van der Waals surface area contributed by atoms with E-state index in [1.54, 1.807) is 24.3 Å². The summed E-state index contributed by atoms with van der Waals surface area (Å²) in [5.74, 6) is 0.114. The summed E-state index contributed by atoms with van der Waals surface area (Å²) in [6, 6.07) is 9.10. The third-order valence-electron chi connectivity index (χ3n) is 4.83. The van der Waals surface area contributed by atoms with Gasteiger partial charge in [0.05, 0.1) is 17.2 Å². The van der Waals surface area contributed by atoms with Crippen molar-refractivity contribution in [2.75, 3.05) is 19.6 Å². The van der Waals surface area contributed by atoms with Gasteiger partial charge in [-0.1, -0.05) is 19.3 Å². The molecule has 2 aliphatic rings. The van der Waals surface area contributed by atoms with E-state index < -0.39 is 0 Å². The fraction of sp³-hybridized carbons (Fsp3) is 0.529. The Morgan fingerprint density at radius 2 is 1.90 bits per heavy atom. The molecule has 1 aromatic carbocycles. The molecule has 0 aromatic heterocycles. The summed E-state index contributed by atoms with van der Waals surface area (Å²) in [5, 5.41) is 12.3. The predicted octanol–water partition coefficient (Wildman–Crippen LogP) is 2.31. The van der Waals surface area contributed by atoms with Crippen molar-refractivity contribution in [3.8, 4) is 6.07 Å². The van der Waals surface area contributed by atoms with Gasteiger partial charge in [-0.05, 0) is 37.1 Å². The van der Waals surface area contributed by atoms with Gasteiger partial charge in [-0.3, -0.25) is 4.79 Å². The van der Waals surface area contributed by atoms with Gasteiger partial charge in [0, 0.05) is 25.2 Å². The molecule has 0 unspecified atom stereocenters. The summed E-state index contributed by atoms with van der Waals surface area (Å²) in [5.41, 5.74) is 1.29. The highest BCUT2D eigenvalue weighted by Gasteiger charge is 2.42. The van der Waals surface area contributed by atoms with Crippen LogP contribution in [0, 0.1) is 11.3 Å². The van der Waals surface area contributed by atoms with Crippen LogP contribution in [-0.2, 0) is 0 Å². The zero-order valence-electron chi connectivity index (χ0n) is 12.3. The van der Waals surface area contributed by atoms with E-state index in [2.05, 4.69) is 16.3 Å². The SMILES string of the molecule is N#Cc1ccc(C(=O)N2CCNCC23CCCCC3)cc1. The Hall–Kier alpha value is -1.86. The van der Waals surface area contributed by atoms with Crippen LogP contribution in [0.25, 0.3) is 0 Å². The first kappa shape index (κ1) is 14.1. The van der Waals surface area contributed by atoms with Crippen molar-refractivity contribution in [2.45, 2.75) is 37.6 Å². The number of nitriles is 1. The Balaban J connectivity index is 1.85. The number of hydrogen-bond donors (Lipinski definition) is 1. The molecule has 1 spiro atoms. The maximum absolute atomic E-state index is 12.9. The lowest BCUT2D eigenvalue weighted by Gasteiger charge is -2.49. The van der Waals surface area contributed by atoms with Crippen LogP contribution in [-0.4, -0.2) is 36.0 Å². The number of carbonyl (C=O) groups is 1. The molecule has 21 heavy (non-hydrogen) atoms. The molecule has 1 amide bonds. The van der Waals surface area contributed by atoms with Crippen molar-refractivity contribution < 1.29 is 4.79 Å². The van der Waals surface area contributed by atoms with Gasteiger partial charge >= 0.3 is 0 Å². The molecule has 3 rings (SSSR count). The molecular formula is C17H21N3O. The normalized spacial score (nSPS) is 21.0. The summed E-state index contributed by atoms with van der Waals surface area (Å²) < 4.78 is 0. The van der Waals surface area contributed by atoms with Crippen molar-refractivity contribution in [1.82, 2.24) is 10.2 Å². The van der Waals surface area contributed by atoms with Gasteiger partial charge in [0.25, 0.3) is 5.91 Å². The largest absolute Gasteiger partial charge is 0.330 e. The Morgan fingerprint density at radius 1 is 1.19 bits per heavy atom. The van der Waals surface area contributed by atoms with Crippen LogP contribution < -0.4 is 5.32 Å². The smallest absolute Gasteiger partial charge is 0.254 e. The lowest BCUT2D eigenvalue weighted by molar-refractivity contribution is 0.0222. The Bertz CT molecular complexity index is 544. The number of benzene rings is 1. The molecule has 1 N–H and O–H groups in total. The molecule has 0 bridgehead atoms. The molecule has 0 atom stereocenters. The first-order valence-corrected chi connectivity index (χ1v) is 7.78. The highest BCUT2D eigenvalue weighted by atomic mass is 16.2. The van der Waals surface area contributed by atoms with Crippen molar-refractivity contribution in [1.29, 1.82) is 5.26 Å². The molecule has 1 saturated carbocycles. The van der Waals surface area contributed by atoms with Crippen molar-refractivity contribution in [3.63, 3.8) is 0 Å². The lowest BCUT2D eigenvalue weighted by Crippen LogP contribution is -2.63. The standard InChI is InChI=1S/C17H21N3O/c18-12-14-4-6-15(7-5-14)16(21)20-11-10-19-13-17(20)8-2-1-3-9-17/h4-7,19H,1-3,8-11,13H2. The number of hydrogen-bond acceptors (Lipinski definition) is 3. The average molecular weight is 283 g/mol. The maximum Gasteiger partial charge on any atom is 0.254 e. The fourth-order valence-electron chi connectivity index (χ4n) is 3.66. The molecule has 4 nitrogen and oxygen atoms in total. The van der Waals surface area contributed by atoms with Crippen molar-refractivity contribution in [3.05, 3.63) is 35.4 Å².